The number of methoxy groups -OCH3 is 1. The molecule has 0 fully saturated rings. The van der Waals surface area contributed by atoms with Gasteiger partial charge in [-0.05, 0) is 54.6 Å². The Bertz CT molecular complexity index is 1540. The van der Waals surface area contributed by atoms with E-state index < -0.39 is 18.5 Å². The van der Waals surface area contributed by atoms with Crippen molar-refractivity contribution in [3.05, 3.63) is 82.1 Å². The Balaban J connectivity index is 1.20. The Morgan fingerprint density at radius 3 is 2.50 bits per heavy atom. The van der Waals surface area contributed by atoms with E-state index in [4.69, 9.17) is 9.47 Å². The highest BCUT2D eigenvalue weighted by Gasteiger charge is 2.14. The Morgan fingerprint density at radius 1 is 1.00 bits per heavy atom. The summed E-state index contributed by atoms with van der Waals surface area (Å²) in [5, 5.41) is 4.95. The van der Waals surface area contributed by atoms with Crippen molar-refractivity contribution in [1.82, 2.24) is 15.0 Å². The van der Waals surface area contributed by atoms with Gasteiger partial charge in [-0.15, -0.1) is 11.3 Å². The summed E-state index contributed by atoms with van der Waals surface area (Å²) in [6, 6.07) is 20.2. The van der Waals surface area contributed by atoms with Crippen LogP contribution < -0.4 is 10.1 Å². The van der Waals surface area contributed by atoms with Crippen molar-refractivity contribution in [2.75, 3.05) is 19.0 Å². The van der Waals surface area contributed by atoms with Crippen LogP contribution in [-0.4, -0.2) is 40.5 Å². The molecule has 0 unspecified atom stereocenters. The van der Waals surface area contributed by atoms with Crippen LogP contribution in [0.1, 0.15) is 10.4 Å². The summed E-state index contributed by atoms with van der Waals surface area (Å²) in [5.41, 5.74) is 4.28. The van der Waals surface area contributed by atoms with Crippen LogP contribution in [0.4, 0.5) is 5.13 Å². The lowest BCUT2D eigenvalue weighted by Crippen LogP contribution is -2.20. The van der Waals surface area contributed by atoms with Gasteiger partial charge in [0, 0.05) is 21.0 Å². The summed E-state index contributed by atoms with van der Waals surface area (Å²) in [6.07, 6.45) is 0. The third-order valence-electron chi connectivity index (χ3n) is 5.31. The van der Waals surface area contributed by atoms with Crippen molar-refractivity contribution in [2.45, 2.75) is 0 Å². The number of esters is 1. The number of H-pyrrole nitrogens is 1. The van der Waals surface area contributed by atoms with Crippen molar-refractivity contribution in [3.63, 3.8) is 0 Å². The number of fused-ring (bicyclic) bond motifs is 1. The number of aromatic amines is 1. The summed E-state index contributed by atoms with van der Waals surface area (Å²) >= 11 is 4.70. The van der Waals surface area contributed by atoms with Crippen LogP contribution >= 0.6 is 27.3 Å². The Hall–Kier alpha value is -4.02. The molecule has 10 heteroatoms. The van der Waals surface area contributed by atoms with Crippen molar-refractivity contribution < 1.29 is 19.1 Å². The fraction of sp³-hybridized carbons (Fsp3) is 0.0769. The van der Waals surface area contributed by atoms with Crippen molar-refractivity contribution in [1.29, 1.82) is 0 Å². The smallest absolute Gasteiger partial charge is 0.338 e. The molecular formula is C26H19BrN4O4S. The molecule has 2 aromatic heterocycles. The van der Waals surface area contributed by atoms with E-state index in [1.165, 1.54) is 11.3 Å². The van der Waals surface area contributed by atoms with Crippen molar-refractivity contribution in [2.24, 2.45) is 0 Å². The fourth-order valence-electron chi connectivity index (χ4n) is 3.48. The highest BCUT2D eigenvalue weighted by Crippen LogP contribution is 2.26. The average molecular weight is 563 g/mol. The van der Waals surface area contributed by atoms with Crippen LogP contribution in [0, 0.1) is 0 Å². The van der Waals surface area contributed by atoms with Gasteiger partial charge in [-0.3, -0.25) is 10.1 Å². The summed E-state index contributed by atoms with van der Waals surface area (Å²) in [4.78, 5) is 37.0. The van der Waals surface area contributed by atoms with Gasteiger partial charge in [0.2, 0.25) is 0 Å². The number of amides is 1. The number of hydrogen-bond donors (Lipinski definition) is 2. The monoisotopic (exact) mass is 562 g/mol. The molecule has 180 valence electrons. The summed E-state index contributed by atoms with van der Waals surface area (Å²) in [5.74, 6) is 0.346. The van der Waals surface area contributed by atoms with E-state index in [-0.39, 0.29) is 0 Å². The van der Waals surface area contributed by atoms with Gasteiger partial charge in [-0.1, -0.05) is 28.1 Å². The van der Waals surface area contributed by atoms with Crippen molar-refractivity contribution in [3.8, 4) is 28.4 Å². The SMILES string of the molecule is COc1ccc(-c2nc3ccc(C(=O)OCC(=O)Nc4nc(-c5ccc(Br)cc5)cs4)cc3[nH]2)cc1. The number of nitrogens with zero attached hydrogens (tertiary/aromatic N) is 2. The molecule has 0 aliphatic rings. The number of rotatable bonds is 7. The minimum atomic E-state index is -0.609. The topological polar surface area (TPSA) is 106 Å². The first-order valence-corrected chi connectivity index (χ1v) is 12.5. The normalized spacial score (nSPS) is 10.8. The molecule has 2 heterocycles. The predicted molar refractivity (Wildman–Crippen MR) is 142 cm³/mol. The van der Waals surface area contributed by atoms with Gasteiger partial charge in [0.1, 0.15) is 11.6 Å². The van der Waals surface area contributed by atoms with Gasteiger partial charge in [0.15, 0.2) is 11.7 Å². The zero-order valence-electron chi connectivity index (χ0n) is 18.9. The maximum absolute atomic E-state index is 12.5. The zero-order chi connectivity index (χ0) is 25.1. The number of ether oxygens (including phenoxy) is 2. The van der Waals surface area contributed by atoms with Crippen molar-refractivity contribution >= 4 is 55.3 Å². The van der Waals surface area contributed by atoms with E-state index in [0.717, 1.165) is 27.0 Å². The van der Waals surface area contributed by atoms with Gasteiger partial charge in [0.05, 0.1) is 29.4 Å². The van der Waals surface area contributed by atoms with Gasteiger partial charge >= 0.3 is 5.97 Å². The number of benzene rings is 3. The van der Waals surface area contributed by atoms with Gasteiger partial charge in [-0.25, -0.2) is 14.8 Å². The number of anilines is 1. The lowest BCUT2D eigenvalue weighted by atomic mass is 10.2. The van der Waals surface area contributed by atoms with E-state index in [1.807, 2.05) is 53.9 Å². The number of carbonyl (C=O) groups is 2. The fourth-order valence-corrected chi connectivity index (χ4v) is 4.48. The molecule has 0 aliphatic heterocycles. The zero-order valence-corrected chi connectivity index (χ0v) is 21.4. The third-order valence-corrected chi connectivity index (χ3v) is 6.59. The van der Waals surface area contributed by atoms with E-state index >= 15 is 0 Å². The average Bonchev–Trinajstić information content (AvgIpc) is 3.54. The maximum atomic E-state index is 12.5. The molecule has 5 aromatic rings. The molecule has 2 N–H and O–H groups in total. The molecule has 5 rings (SSSR count). The van der Waals surface area contributed by atoms with Crippen LogP contribution in [-0.2, 0) is 9.53 Å². The summed E-state index contributed by atoms with van der Waals surface area (Å²) in [7, 11) is 1.61. The van der Waals surface area contributed by atoms with Gasteiger partial charge in [0.25, 0.3) is 5.91 Å². The highest BCUT2D eigenvalue weighted by atomic mass is 79.9. The maximum Gasteiger partial charge on any atom is 0.338 e. The summed E-state index contributed by atoms with van der Waals surface area (Å²) < 4.78 is 11.4. The molecule has 36 heavy (non-hydrogen) atoms. The number of carbonyl (C=O) groups excluding carboxylic acids is 2. The standard InChI is InChI=1S/C26H19BrN4O4S/c1-34-19-9-4-16(5-10-19)24-28-20-11-6-17(12-21(20)29-24)25(33)35-13-23(32)31-26-30-22(14-36-26)15-2-7-18(27)8-3-15/h2-12,14H,13H2,1H3,(H,28,29)(H,30,31,32). The van der Waals surface area contributed by atoms with Crippen LogP contribution in [0.25, 0.3) is 33.7 Å². The van der Waals surface area contributed by atoms with E-state index in [0.29, 0.717) is 27.6 Å². The Kier molecular flexibility index (Phi) is 6.79. The first kappa shape index (κ1) is 23.7. The molecule has 1 amide bonds. The van der Waals surface area contributed by atoms with Crippen LogP contribution in [0.2, 0.25) is 0 Å². The van der Waals surface area contributed by atoms with E-state index in [1.54, 1.807) is 25.3 Å². The number of thiazole rings is 1. The highest BCUT2D eigenvalue weighted by molar-refractivity contribution is 9.10. The first-order valence-electron chi connectivity index (χ1n) is 10.8. The number of hydrogen-bond acceptors (Lipinski definition) is 7. The molecule has 0 saturated carbocycles. The number of halogens is 1. The molecule has 0 bridgehead atoms. The molecule has 0 atom stereocenters. The molecule has 0 radical (unpaired) electrons. The van der Waals surface area contributed by atoms with Gasteiger partial charge < -0.3 is 14.5 Å². The third kappa shape index (κ3) is 5.29. The summed E-state index contributed by atoms with van der Waals surface area (Å²) in [6.45, 7) is -0.426. The number of aromatic nitrogens is 3. The van der Waals surface area contributed by atoms with Crippen LogP contribution in [0.3, 0.4) is 0 Å². The molecule has 0 saturated heterocycles. The van der Waals surface area contributed by atoms with E-state index in [2.05, 4.69) is 36.2 Å². The molecule has 8 nitrogen and oxygen atoms in total. The van der Waals surface area contributed by atoms with E-state index in [9.17, 15) is 9.59 Å². The minimum absolute atomic E-state index is 0.312. The second kappa shape index (κ2) is 10.3. The molecular weight excluding hydrogens is 544 g/mol. The van der Waals surface area contributed by atoms with Crippen LogP contribution in [0.5, 0.6) is 5.75 Å². The second-order valence-corrected chi connectivity index (χ2v) is 9.49. The molecule has 3 aromatic carbocycles. The van der Waals surface area contributed by atoms with Crippen LogP contribution in [0.15, 0.2) is 76.6 Å². The molecule has 0 spiro atoms. The lowest BCUT2D eigenvalue weighted by molar-refractivity contribution is -0.119. The number of nitrogens with one attached hydrogen (secondary N) is 2. The lowest BCUT2D eigenvalue weighted by Gasteiger charge is -2.05. The Morgan fingerprint density at radius 2 is 1.75 bits per heavy atom. The quantitative estimate of drug-likeness (QED) is 0.238. The minimum Gasteiger partial charge on any atom is -0.497 e. The van der Waals surface area contributed by atoms with Gasteiger partial charge in [-0.2, -0.15) is 0 Å². The Labute approximate surface area is 218 Å². The second-order valence-electron chi connectivity index (χ2n) is 7.71. The first-order chi connectivity index (χ1) is 17.5. The number of imidazole rings is 1. The predicted octanol–water partition coefficient (Wildman–Crippen LogP) is 5.92. The molecule has 0 aliphatic carbocycles. The largest absolute Gasteiger partial charge is 0.497 e.